The molecule has 0 unspecified atom stereocenters. The lowest BCUT2D eigenvalue weighted by atomic mass is 10.0. The Bertz CT molecular complexity index is 531. The number of nitrogens with zero attached hydrogens (tertiary/aromatic N) is 1. The molecular weight excluding hydrogens is 212 g/mol. The minimum absolute atomic E-state index is 0.374. The van der Waals surface area contributed by atoms with Crippen molar-refractivity contribution in [1.29, 1.82) is 5.41 Å². The van der Waals surface area contributed by atoms with Crippen LogP contribution in [-0.2, 0) is 6.54 Å². The summed E-state index contributed by atoms with van der Waals surface area (Å²) in [6, 6.07) is 11.1. The van der Waals surface area contributed by atoms with Crippen LogP contribution >= 0.6 is 0 Å². The zero-order valence-electron chi connectivity index (χ0n) is 9.35. The molecule has 0 aliphatic carbocycles. The molecule has 1 aromatic heterocycles. The quantitative estimate of drug-likeness (QED) is 0.693. The van der Waals surface area contributed by atoms with Crippen LogP contribution in [0.3, 0.4) is 0 Å². The van der Waals surface area contributed by atoms with Gasteiger partial charge in [0.1, 0.15) is 5.82 Å². The van der Waals surface area contributed by atoms with Crippen molar-refractivity contribution in [3.05, 3.63) is 59.3 Å². The molecule has 2 rings (SSSR count). The molecule has 0 fully saturated rings. The van der Waals surface area contributed by atoms with Crippen LogP contribution < -0.4 is 11.5 Å². The van der Waals surface area contributed by atoms with Gasteiger partial charge in [0, 0.05) is 23.9 Å². The fourth-order valence-corrected chi connectivity index (χ4v) is 1.59. The van der Waals surface area contributed by atoms with Crippen molar-refractivity contribution in [3.63, 3.8) is 0 Å². The first kappa shape index (κ1) is 11.3. The molecule has 0 aliphatic rings. The maximum Gasteiger partial charge on any atom is 0.132 e. The van der Waals surface area contributed by atoms with Gasteiger partial charge in [-0.25, -0.2) is 4.98 Å². The normalized spacial score (nSPS) is 10.2. The fraction of sp³-hybridized carbons (Fsp3) is 0.0769. The van der Waals surface area contributed by atoms with Gasteiger partial charge in [-0.05, 0) is 17.7 Å². The second-order valence-corrected chi connectivity index (χ2v) is 3.71. The summed E-state index contributed by atoms with van der Waals surface area (Å²) in [5.41, 5.74) is 14.1. The van der Waals surface area contributed by atoms with E-state index in [4.69, 9.17) is 16.9 Å². The maximum atomic E-state index is 8.09. The predicted octanol–water partition coefficient (Wildman–Crippen LogP) is 1.54. The largest absolute Gasteiger partial charge is 0.383 e. The molecule has 0 atom stereocenters. The van der Waals surface area contributed by atoms with Gasteiger partial charge in [-0.2, -0.15) is 0 Å². The molecule has 0 amide bonds. The molecule has 4 nitrogen and oxygen atoms in total. The van der Waals surface area contributed by atoms with E-state index in [2.05, 4.69) is 4.98 Å². The van der Waals surface area contributed by atoms with Gasteiger partial charge in [-0.15, -0.1) is 0 Å². The number of rotatable bonds is 3. The minimum atomic E-state index is 0.374. The highest BCUT2D eigenvalue weighted by molar-refractivity contribution is 6.13. The summed E-state index contributed by atoms with van der Waals surface area (Å²) in [6.07, 6.45) is 1.61. The Morgan fingerprint density at radius 2 is 1.88 bits per heavy atom. The van der Waals surface area contributed by atoms with E-state index in [1.807, 2.05) is 24.3 Å². The van der Waals surface area contributed by atoms with Crippen LogP contribution in [0, 0.1) is 5.41 Å². The molecule has 86 valence electrons. The van der Waals surface area contributed by atoms with Crippen molar-refractivity contribution in [3.8, 4) is 0 Å². The van der Waals surface area contributed by atoms with Gasteiger partial charge in [0.05, 0.1) is 5.71 Å². The van der Waals surface area contributed by atoms with Crippen LogP contribution in [0.2, 0.25) is 0 Å². The first-order valence-electron chi connectivity index (χ1n) is 5.31. The molecule has 1 heterocycles. The highest BCUT2D eigenvalue weighted by Crippen LogP contribution is 2.14. The van der Waals surface area contributed by atoms with Crippen LogP contribution in [0.1, 0.15) is 16.7 Å². The average Bonchev–Trinajstić information content (AvgIpc) is 2.39. The SMILES string of the molecule is N=C(c1ccc(CN)cc1)c1cccnc1N. The van der Waals surface area contributed by atoms with E-state index < -0.39 is 0 Å². The lowest BCUT2D eigenvalue weighted by molar-refractivity contribution is 1.07. The lowest BCUT2D eigenvalue weighted by Gasteiger charge is -2.07. The summed E-state index contributed by atoms with van der Waals surface area (Å²) < 4.78 is 0. The predicted molar refractivity (Wildman–Crippen MR) is 68.9 cm³/mol. The number of hydrogen-bond acceptors (Lipinski definition) is 4. The van der Waals surface area contributed by atoms with Gasteiger partial charge >= 0.3 is 0 Å². The molecule has 0 radical (unpaired) electrons. The number of pyridine rings is 1. The number of aromatic nitrogens is 1. The molecule has 0 saturated heterocycles. The summed E-state index contributed by atoms with van der Waals surface area (Å²) >= 11 is 0. The second-order valence-electron chi connectivity index (χ2n) is 3.71. The molecule has 4 heteroatoms. The first-order valence-corrected chi connectivity index (χ1v) is 5.31. The van der Waals surface area contributed by atoms with E-state index in [9.17, 15) is 0 Å². The fourth-order valence-electron chi connectivity index (χ4n) is 1.59. The van der Waals surface area contributed by atoms with Crippen molar-refractivity contribution in [2.24, 2.45) is 5.73 Å². The zero-order valence-corrected chi connectivity index (χ0v) is 9.35. The van der Waals surface area contributed by atoms with Crippen LogP contribution in [0.4, 0.5) is 5.82 Å². The minimum Gasteiger partial charge on any atom is -0.383 e. The summed E-state index contributed by atoms with van der Waals surface area (Å²) in [4.78, 5) is 3.98. The van der Waals surface area contributed by atoms with Gasteiger partial charge < -0.3 is 11.5 Å². The third kappa shape index (κ3) is 2.32. The van der Waals surface area contributed by atoms with E-state index >= 15 is 0 Å². The van der Waals surface area contributed by atoms with Gasteiger partial charge in [-0.1, -0.05) is 24.3 Å². The van der Waals surface area contributed by atoms with Gasteiger partial charge in [0.25, 0.3) is 0 Å². The van der Waals surface area contributed by atoms with Crippen LogP contribution in [0.15, 0.2) is 42.6 Å². The monoisotopic (exact) mass is 226 g/mol. The molecule has 5 N–H and O–H groups in total. The number of benzene rings is 1. The van der Waals surface area contributed by atoms with E-state index in [0.717, 1.165) is 11.1 Å². The zero-order chi connectivity index (χ0) is 12.3. The van der Waals surface area contributed by atoms with Crippen molar-refractivity contribution < 1.29 is 0 Å². The Morgan fingerprint density at radius 1 is 1.18 bits per heavy atom. The third-order valence-electron chi connectivity index (χ3n) is 2.59. The van der Waals surface area contributed by atoms with Crippen LogP contribution in [0.25, 0.3) is 0 Å². The summed E-state index contributed by atoms with van der Waals surface area (Å²) in [6.45, 7) is 0.503. The van der Waals surface area contributed by atoms with E-state index in [1.165, 1.54) is 0 Å². The number of hydrogen-bond donors (Lipinski definition) is 3. The first-order chi connectivity index (χ1) is 8.22. The van der Waals surface area contributed by atoms with E-state index in [1.54, 1.807) is 18.3 Å². The summed E-state index contributed by atoms with van der Waals surface area (Å²) in [5, 5.41) is 8.09. The lowest BCUT2D eigenvalue weighted by Crippen LogP contribution is -2.07. The maximum absolute atomic E-state index is 8.09. The molecular formula is C13H14N4. The highest BCUT2D eigenvalue weighted by atomic mass is 14.8. The second kappa shape index (κ2) is 4.76. The molecule has 0 spiro atoms. The van der Waals surface area contributed by atoms with Gasteiger partial charge in [0.15, 0.2) is 0 Å². The smallest absolute Gasteiger partial charge is 0.132 e. The third-order valence-corrected chi connectivity index (χ3v) is 2.59. The molecule has 2 aromatic rings. The number of nitrogens with two attached hydrogens (primary N) is 2. The molecule has 0 aliphatic heterocycles. The van der Waals surface area contributed by atoms with Crippen LogP contribution in [-0.4, -0.2) is 10.7 Å². The molecule has 1 aromatic carbocycles. The Morgan fingerprint density at radius 3 is 2.47 bits per heavy atom. The number of nitrogen functional groups attached to an aromatic ring is 1. The molecule has 0 saturated carbocycles. The van der Waals surface area contributed by atoms with Gasteiger partial charge in [0.2, 0.25) is 0 Å². The summed E-state index contributed by atoms with van der Waals surface area (Å²) in [5.74, 6) is 0.375. The van der Waals surface area contributed by atoms with Crippen molar-refractivity contribution in [1.82, 2.24) is 4.98 Å². The Hall–Kier alpha value is -2.20. The molecule has 0 bridgehead atoms. The topological polar surface area (TPSA) is 88.8 Å². The standard InChI is InChI=1S/C13H14N4/c14-8-9-3-5-10(6-4-9)12(15)11-2-1-7-17-13(11)16/h1-7,15H,8,14H2,(H2,16,17). The highest BCUT2D eigenvalue weighted by Gasteiger charge is 2.08. The Labute approximate surface area is 99.8 Å². The van der Waals surface area contributed by atoms with Crippen molar-refractivity contribution in [2.75, 3.05) is 5.73 Å². The average molecular weight is 226 g/mol. The number of nitrogens with one attached hydrogen (secondary N) is 1. The summed E-state index contributed by atoms with van der Waals surface area (Å²) in [7, 11) is 0. The Balaban J connectivity index is 2.34. The van der Waals surface area contributed by atoms with E-state index in [-0.39, 0.29) is 0 Å². The van der Waals surface area contributed by atoms with Crippen molar-refractivity contribution in [2.45, 2.75) is 6.54 Å². The van der Waals surface area contributed by atoms with E-state index in [0.29, 0.717) is 23.6 Å². The Kier molecular flexibility index (Phi) is 3.16. The number of anilines is 1. The van der Waals surface area contributed by atoms with Crippen LogP contribution in [0.5, 0.6) is 0 Å². The van der Waals surface area contributed by atoms with Crippen molar-refractivity contribution >= 4 is 11.5 Å². The molecule has 17 heavy (non-hydrogen) atoms. The van der Waals surface area contributed by atoms with Gasteiger partial charge in [-0.3, -0.25) is 5.41 Å².